The van der Waals surface area contributed by atoms with Crippen molar-refractivity contribution in [2.24, 2.45) is 29.6 Å². The molecule has 0 radical (unpaired) electrons. The summed E-state index contributed by atoms with van der Waals surface area (Å²) in [5.74, 6) is 2.69. The van der Waals surface area contributed by atoms with Gasteiger partial charge in [-0.1, -0.05) is 39.3 Å². The molecule has 0 aliphatic heterocycles. The molecular formula is C27H39N3O3. The molecule has 3 atom stereocenters. The lowest BCUT2D eigenvalue weighted by Crippen LogP contribution is -2.39. The van der Waals surface area contributed by atoms with Gasteiger partial charge in [0, 0.05) is 18.9 Å². The summed E-state index contributed by atoms with van der Waals surface area (Å²) in [6.45, 7) is 11.6. The monoisotopic (exact) mass is 453 g/mol. The molecule has 180 valence electrons. The molecule has 2 aromatic rings. The Hall–Kier alpha value is -2.63. The van der Waals surface area contributed by atoms with E-state index in [1.807, 2.05) is 6.07 Å². The largest absolute Gasteiger partial charge is 0.465 e. The van der Waals surface area contributed by atoms with Crippen LogP contribution in [-0.2, 0) is 16.0 Å². The highest BCUT2D eigenvalue weighted by Gasteiger charge is 2.32. The van der Waals surface area contributed by atoms with Crippen LogP contribution in [0.2, 0.25) is 0 Å². The summed E-state index contributed by atoms with van der Waals surface area (Å²) in [6.07, 6.45) is 6.06. The fourth-order valence-corrected chi connectivity index (χ4v) is 5.17. The Balaban J connectivity index is 1.73. The number of carbonyl (C=O) groups is 2. The molecule has 6 nitrogen and oxygen atoms in total. The molecule has 1 heterocycles. The maximum absolute atomic E-state index is 12.5. The van der Waals surface area contributed by atoms with E-state index in [4.69, 9.17) is 9.72 Å². The average Bonchev–Trinajstić information content (AvgIpc) is 3.20. The summed E-state index contributed by atoms with van der Waals surface area (Å²) in [4.78, 5) is 32.5. The van der Waals surface area contributed by atoms with E-state index in [1.165, 1.54) is 12.7 Å². The number of aromatic nitrogens is 2. The maximum Gasteiger partial charge on any atom is 0.337 e. The van der Waals surface area contributed by atoms with Gasteiger partial charge in [-0.15, -0.1) is 0 Å². The van der Waals surface area contributed by atoms with Crippen LogP contribution >= 0.6 is 0 Å². The lowest BCUT2D eigenvalue weighted by molar-refractivity contribution is -0.125. The average molecular weight is 454 g/mol. The van der Waals surface area contributed by atoms with Gasteiger partial charge in [-0.25, -0.2) is 9.78 Å². The van der Waals surface area contributed by atoms with Crippen molar-refractivity contribution in [1.82, 2.24) is 15.3 Å². The normalized spacial score (nSPS) is 20.8. The van der Waals surface area contributed by atoms with E-state index in [1.54, 1.807) is 12.1 Å². The first kappa shape index (κ1) is 25.0. The highest BCUT2D eigenvalue weighted by molar-refractivity contribution is 5.93. The number of rotatable bonds is 9. The van der Waals surface area contributed by atoms with Crippen molar-refractivity contribution >= 4 is 22.9 Å². The molecule has 1 aliphatic rings. The van der Waals surface area contributed by atoms with Crippen LogP contribution in [-0.4, -0.2) is 35.5 Å². The lowest BCUT2D eigenvalue weighted by Gasteiger charge is -2.37. The number of allylic oxidation sites excluding steroid dienone is 1. The fraction of sp³-hybridized carbons (Fsp3) is 0.593. The van der Waals surface area contributed by atoms with Crippen LogP contribution in [0.1, 0.15) is 70.1 Å². The highest BCUT2D eigenvalue weighted by atomic mass is 16.5. The van der Waals surface area contributed by atoms with E-state index >= 15 is 0 Å². The number of H-pyrrole nitrogens is 1. The molecule has 0 saturated carbocycles. The summed E-state index contributed by atoms with van der Waals surface area (Å²) in [6, 6.07) is 5.41. The van der Waals surface area contributed by atoms with Gasteiger partial charge < -0.3 is 15.0 Å². The minimum Gasteiger partial charge on any atom is -0.465 e. The summed E-state index contributed by atoms with van der Waals surface area (Å²) in [7, 11) is 1.39. The number of amides is 1. The van der Waals surface area contributed by atoms with E-state index in [0.29, 0.717) is 35.8 Å². The molecule has 0 unspecified atom stereocenters. The molecular weight excluding hydrogens is 414 g/mol. The van der Waals surface area contributed by atoms with E-state index < -0.39 is 0 Å². The first-order valence-electron chi connectivity index (χ1n) is 12.3. The number of hydrogen-bond acceptors (Lipinski definition) is 4. The molecule has 0 saturated heterocycles. The second-order valence-corrected chi connectivity index (χ2v) is 9.78. The van der Waals surface area contributed by atoms with Gasteiger partial charge in [0.05, 0.1) is 23.7 Å². The number of nitrogens with zero attached hydrogens (tertiary/aromatic N) is 1. The van der Waals surface area contributed by atoms with Crippen LogP contribution in [0.5, 0.6) is 0 Å². The first-order valence-corrected chi connectivity index (χ1v) is 12.3. The van der Waals surface area contributed by atoms with Gasteiger partial charge in [0.2, 0.25) is 5.91 Å². The summed E-state index contributed by atoms with van der Waals surface area (Å²) in [5.41, 5.74) is 3.60. The predicted octanol–water partition coefficient (Wildman–Crippen LogP) is 5.30. The molecule has 0 bridgehead atoms. The van der Waals surface area contributed by atoms with Crippen LogP contribution in [0.25, 0.3) is 11.0 Å². The Morgan fingerprint density at radius 2 is 1.97 bits per heavy atom. The minimum atomic E-state index is -0.346. The Bertz CT molecular complexity index is 1000. The van der Waals surface area contributed by atoms with E-state index in [9.17, 15) is 9.59 Å². The smallest absolute Gasteiger partial charge is 0.337 e. The summed E-state index contributed by atoms with van der Waals surface area (Å²) < 4.78 is 4.83. The standard InChI is InChI=1S/C27H39N3O3/c1-7-18(8-2)26(31)28-15-21-11-17(5)20(12-22(21)16(3)4)14-25-29-23-10-9-19(27(32)33-6)13-24(23)30-25/h9-11,13,16,18,20-22H,7-8,12,14-15H2,1-6H3,(H,28,31)(H,29,30)/t20-,21-,22-/m0/s1. The van der Waals surface area contributed by atoms with E-state index in [2.05, 4.69) is 51.0 Å². The van der Waals surface area contributed by atoms with Crippen LogP contribution in [0.3, 0.4) is 0 Å². The van der Waals surface area contributed by atoms with Crippen molar-refractivity contribution in [3.63, 3.8) is 0 Å². The highest BCUT2D eigenvalue weighted by Crippen LogP contribution is 2.38. The van der Waals surface area contributed by atoms with Crippen molar-refractivity contribution in [3.8, 4) is 0 Å². The SMILES string of the molecule is CCC(CC)C(=O)NC[C@@H]1C=C(C)[C@H](Cc2nc3ccc(C(=O)OC)cc3[nH]2)C[C@H]1C(C)C. The van der Waals surface area contributed by atoms with Gasteiger partial charge in [0.25, 0.3) is 0 Å². The number of hydrogen-bond donors (Lipinski definition) is 2. The second-order valence-electron chi connectivity index (χ2n) is 9.78. The second kappa shape index (κ2) is 11.0. The van der Waals surface area contributed by atoms with Crippen LogP contribution < -0.4 is 5.32 Å². The number of fused-ring (bicyclic) bond motifs is 1. The molecule has 6 heteroatoms. The van der Waals surface area contributed by atoms with E-state index in [0.717, 1.165) is 42.5 Å². The number of methoxy groups -OCH3 is 1. The van der Waals surface area contributed by atoms with Crippen molar-refractivity contribution in [1.29, 1.82) is 0 Å². The number of esters is 1. The zero-order valence-corrected chi connectivity index (χ0v) is 20.9. The molecule has 1 aliphatic carbocycles. The van der Waals surface area contributed by atoms with Crippen molar-refractivity contribution in [2.45, 2.75) is 60.3 Å². The van der Waals surface area contributed by atoms with E-state index in [-0.39, 0.29) is 17.8 Å². The number of ether oxygens (including phenoxy) is 1. The van der Waals surface area contributed by atoms with Gasteiger partial charge >= 0.3 is 5.97 Å². The summed E-state index contributed by atoms with van der Waals surface area (Å²) >= 11 is 0. The summed E-state index contributed by atoms with van der Waals surface area (Å²) in [5, 5.41) is 3.22. The molecule has 0 spiro atoms. The first-order chi connectivity index (χ1) is 15.8. The number of nitrogens with one attached hydrogen (secondary N) is 2. The molecule has 1 aromatic heterocycles. The zero-order chi connectivity index (χ0) is 24.1. The molecule has 1 aromatic carbocycles. The minimum absolute atomic E-state index is 0.108. The fourth-order valence-electron chi connectivity index (χ4n) is 5.17. The third kappa shape index (κ3) is 5.84. The zero-order valence-electron chi connectivity index (χ0n) is 20.9. The van der Waals surface area contributed by atoms with Crippen molar-refractivity contribution < 1.29 is 14.3 Å². The molecule has 2 N–H and O–H groups in total. The quantitative estimate of drug-likeness (QED) is 0.399. The maximum atomic E-state index is 12.5. The Labute approximate surface area is 197 Å². The molecule has 0 fully saturated rings. The number of imidazole rings is 1. The van der Waals surface area contributed by atoms with Crippen LogP contribution in [0.4, 0.5) is 0 Å². The number of carbonyl (C=O) groups excluding carboxylic acids is 2. The number of aromatic amines is 1. The number of benzene rings is 1. The van der Waals surface area contributed by atoms with Gasteiger partial charge in [-0.3, -0.25) is 4.79 Å². The van der Waals surface area contributed by atoms with Crippen LogP contribution in [0, 0.1) is 29.6 Å². The van der Waals surface area contributed by atoms with Gasteiger partial charge in [-0.05, 0) is 68.1 Å². The Morgan fingerprint density at radius 1 is 1.24 bits per heavy atom. The predicted molar refractivity (Wildman–Crippen MR) is 132 cm³/mol. The Kier molecular flexibility index (Phi) is 8.33. The third-order valence-electron chi connectivity index (χ3n) is 7.34. The van der Waals surface area contributed by atoms with Gasteiger partial charge in [-0.2, -0.15) is 0 Å². The third-order valence-corrected chi connectivity index (χ3v) is 7.34. The Morgan fingerprint density at radius 3 is 2.61 bits per heavy atom. The molecule has 3 rings (SSSR count). The lowest BCUT2D eigenvalue weighted by atomic mass is 9.69. The van der Waals surface area contributed by atoms with Crippen LogP contribution in [0.15, 0.2) is 29.8 Å². The van der Waals surface area contributed by atoms with Crippen molar-refractivity contribution in [3.05, 3.63) is 41.2 Å². The molecule has 33 heavy (non-hydrogen) atoms. The van der Waals surface area contributed by atoms with Crippen molar-refractivity contribution in [2.75, 3.05) is 13.7 Å². The van der Waals surface area contributed by atoms with Gasteiger partial charge in [0.1, 0.15) is 5.82 Å². The molecule has 1 amide bonds. The van der Waals surface area contributed by atoms with Gasteiger partial charge in [0.15, 0.2) is 0 Å². The topological polar surface area (TPSA) is 84.1 Å².